The molecule has 29 heavy (non-hydrogen) atoms. The SMILES string of the molecule is COCCOC1[C@@H](O)[C@@H](CO)O[C@H]1n1cnc2c(=O)[nH]c(NC(=O)C(C)C)nc21. The molecule has 160 valence electrons. The number of nitrogens with zero attached hydrogens (tertiary/aromatic N) is 3. The molecule has 4 N–H and O–H groups in total. The van der Waals surface area contributed by atoms with Gasteiger partial charge in [-0.3, -0.25) is 24.5 Å². The van der Waals surface area contributed by atoms with Gasteiger partial charge in [-0.1, -0.05) is 13.8 Å². The summed E-state index contributed by atoms with van der Waals surface area (Å²) in [5.74, 6) is -0.651. The molecule has 0 bridgehead atoms. The molecule has 0 aromatic carbocycles. The van der Waals surface area contributed by atoms with Crippen molar-refractivity contribution in [2.45, 2.75) is 38.4 Å². The highest BCUT2D eigenvalue weighted by molar-refractivity contribution is 5.91. The summed E-state index contributed by atoms with van der Waals surface area (Å²) in [5, 5.41) is 22.5. The van der Waals surface area contributed by atoms with Crippen LogP contribution in [0, 0.1) is 5.92 Å². The molecule has 0 aliphatic carbocycles. The molecular formula is C17H25N5O7. The molecule has 1 saturated heterocycles. The van der Waals surface area contributed by atoms with E-state index in [-0.39, 0.29) is 35.5 Å². The number of ether oxygens (including phenoxy) is 3. The van der Waals surface area contributed by atoms with Gasteiger partial charge in [-0.15, -0.1) is 0 Å². The fraction of sp³-hybridized carbons (Fsp3) is 0.647. The van der Waals surface area contributed by atoms with Gasteiger partial charge in [-0.25, -0.2) is 4.98 Å². The van der Waals surface area contributed by atoms with Crippen LogP contribution in [0.25, 0.3) is 11.2 Å². The maximum Gasteiger partial charge on any atom is 0.280 e. The number of carbonyl (C=O) groups is 1. The fourth-order valence-electron chi connectivity index (χ4n) is 2.97. The average molecular weight is 411 g/mol. The van der Waals surface area contributed by atoms with Gasteiger partial charge >= 0.3 is 0 Å². The second kappa shape index (κ2) is 8.97. The fourth-order valence-corrected chi connectivity index (χ4v) is 2.97. The maximum atomic E-state index is 12.4. The van der Waals surface area contributed by atoms with Crippen molar-refractivity contribution < 1.29 is 29.2 Å². The van der Waals surface area contributed by atoms with Crippen molar-refractivity contribution in [1.29, 1.82) is 0 Å². The molecular weight excluding hydrogens is 386 g/mol. The van der Waals surface area contributed by atoms with E-state index in [0.29, 0.717) is 6.61 Å². The zero-order chi connectivity index (χ0) is 21.1. The van der Waals surface area contributed by atoms with E-state index in [0.717, 1.165) is 0 Å². The Morgan fingerprint density at radius 1 is 1.45 bits per heavy atom. The summed E-state index contributed by atoms with van der Waals surface area (Å²) in [6, 6.07) is 0. The topological polar surface area (TPSA) is 161 Å². The smallest absolute Gasteiger partial charge is 0.280 e. The highest BCUT2D eigenvalue weighted by atomic mass is 16.6. The second-order valence-electron chi connectivity index (χ2n) is 6.95. The van der Waals surface area contributed by atoms with Gasteiger partial charge in [0.25, 0.3) is 5.56 Å². The predicted octanol–water partition coefficient (Wildman–Crippen LogP) is -1.00. The first-order valence-corrected chi connectivity index (χ1v) is 9.20. The zero-order valence-electron chi connectivity index (χ0n) is 16.4. The number of aromatic nitrogens is 4. The normalized spacial score (nSPS) is 24.5. The van der Waals surface area contributed by atoms with E-state index < -0.39 is 36.7 Å². The number of anilines is 1. The number of rotatable bonds is 8. The van der Waals surface area contributed by atoms with E-state index in [1.165, 1.54) is 18.0 Å². The third-order valence-corrected chi connectivity index (χ3v) is 4.56. The average Bonchev–Trinajstić information content (AvgIpc) is 3.23. The number of aliphatic hydroxyl groups is 2. The summed E-state index contributed by atoms with van der Waals surface area (Å²) in [4.78, 5) is 35.1. The number of aliphatic hydroxyl groups excluding tert-OH is 2. The van der Waals surface area contributed by atoms with E-state index in [4.69, 9.17) is 14.2 Å². The van der Waals surface area contributed by atoms with Gasteiger partial charge in [0.2, 0.25) is 11.9 Å². The highest BCUT2D eigenvalue weighted by Gasteiger charge is 2.46. The standard InChI is InChI=1S/C17H25N5O7/c1-8(2)14(25)20-17-19-13-10(15(26)21-17)18-7-22(13)16-12(28-5-4-27-3)11(24)9(6-23)29-16/h7-9,11-12,16,23-24H,4-6H2,1-3H3,(H2,19,20,21,25,26)/t9-,11+,12?,16-/m1/s1. The second-order valence-corrected chi connectivity index (χ2v) is 6.95. The van der Waals surface area contributed by atoms with Crippen molar-refractivity contribution in [3.63, 3.8) is 0 Å². The van der Waals surface area contributed by atoms with Gasteiger partial charge in [0, 0.05) is 13.0 Å². The molecule has 0 radical (unpaired) electrons. The van der Waals surface area contributed by atoms with E-state index in [2.05, 4.69) is 20.3 Å². The van der Waals surface area contributed by atoms with E-state index in [1.807, 2.05) is 0 Å². The Labute approximate surface area is 165 Å². The van der Waals surface area contributed by atoms with Crippen molar-refractivity contribution in [1.82, 2.24) is 19.5 Å². The molecule has 3 heterocycles. The quantitative estimate of drug-likeness (QED) is 0.399. The summed E-state index contributed by atoms with van der Waals surface area (Å²) in [7, 11) is 1.52. The van der Waals surface area contributed by atoms with E-state index in [9.17, 15) is 19.8 Å². The lowest BCUT2D eigenvalue weighted by molar-refractivity contribution is -0.118. The van der Waals surface area contributed by atoms with Crippen LogP contribution in [-0.2, 0) is 19.0 Å². The van der Waals surface area contributed by atoms with Crippen molar-refractivity contribution >= 4 is 23.0 Å². The minimum atomic E-state index is -1.11. The molecule has 0 saturated carbocycles. The third kappa shape index (κ3) is 4.31. The van der Waals surface area contributed by atoms with Gasteiger partial charge in [-0.2, -0.15) is 4.98 Å². The van der Waals surface area contributed by atoms with Crippen LogP contribution in [0.4, 0.5) is 5.95 Å². The first-order chi connectivity index (χ1) is 13.9. The highest BCUT2D eigenvalue weighted by Crippen LogP contribution is 2.33. The number of fused-ring (bicyclic) bond motifs is 1. The molecule has 0 spiro atoms. The van der Waals surface area contributed by atoms with Crippen molar-refractivity contribution in [2.75, 3.05) is 32.2 Å². The Morgan fingerprint density at radius 3 is 2.86 bits per heavy atom. The molecule has 1 fully saturated rings. The maximum absolute atomic E-state index is 12.4. The van der Waals surface area contributed by atoms with Crippen molar-refractivity contribution in [3.8, 4) is 0 Å². The molecule has 3 rings (SSSR count). The number of methoxy groups -OCH3 is 1. The summed E-state index contributed by atoms with van der Waals surface area (Å²) in [5.41, 5.74) is -0.362. The molecule has 1 aliphatic rings. The summed E-state index contributed by atoms with van der Waals surface area (Å²) >= 11 is 0. The Hall–Kier alpha value is -2.38. The minimum Gasteiger partial charge on any atom is -0.394 e. The predicted molar refractivity (Wildman–Crippen MR) is 100 cm³/mol. The first kappa shape index (κ1) is 21.3. The van der Waals surface area contributed by atoms with Crippen LogP contribution in [0.15, 0.2) is 11.1 Å². The Bertz CT molecular complexity index is 911. The molecule has 2 aromatic heterocycles. The molecule has 2 aromatic rings. The molecule has 12 nitrogen and oxygen atoms in total. The molecule has 12 heteroatoms. The van der Waals surface area contributed by atoms with Crippen LogP contribution in [0.2, 0.25) is 0 Å². The summed E-state index contributed by atoms with van der Waals surface area (Å²) in [6.07, 6.45) is -2.40. The number of nitrogens with one attached hydrogen (secondary N) is 2. The van der Waals surface area contributed by atoms with Gasteiger partial charge in [0.1, 0.15) is 18.3 Å². The lowest BCUT2D eigenvalue weighted by atomic mass is 10.1. The number of hydrogen-bond donors (Lipinski definition) is 4. The van der Waals surface area contributed by atoms with Crippen LogP contribution < -0.4 is 10.9 Å². The number of carbonyl (C=O) groups excluding carboxylic acids is 1. The van der Waals surface area contributed by atoms with Gasteiger partial charge < -0.3 is 24.4 Å². The van der Waals surface area contributed by atoms with Crippen molar-refractivity contribution in [3.05, 3.63) is 16.7 Å². The number of hydrogen-bond acceptors (Lipinski definition) is 9. The molecule has 1 amide bonds. The van der Waals surface area contributed by atoms with E-state index >= 15 is 0 Å². The lowest BCUT2D eigenvalue weighted by Gasteiger charge is -2.22. The lowest BCUT2D eigenvalue weighted by Crippen LogP contribution is -2.36. The Morgan fingerprint density at radius 2 is 2.21 bits per heavy atom. The molecule has 1 aliphatic heterocycles. The molecule has 4 atom stereocenters. The van der Waals surface area contributed by atoms with Gasteiger partial charge in [-0.05, 0) is 0 Å². The number of aromatic amines is 1. The van der Waals surface area contributed by atoms with Crippen LogP contribution in [-0.4, -0.2) is 80.9 Å². The monoisotopic (exact) mass is 411 g/mol. The Kier molecular flexibility index (Phi) is 6.59. The zero-order valence-corrected chi connectivity index (χ0v) is 16.4. The van der Waals surface area contributed by atoms with Gasteiger partial charge in [0.15, 0.2) is 17.4 Å². The summed E-state index contributed by atoms with van der Waals surface area (Å²) in [6.45, 7) is 3.49. The third-order valence-electron chi connectivity index (χ3n) is 4.56. The number of imidazole rings is 1. The van der Waals surface area contributed by atoms with Crippen LogP contribution in [0.1, 0.15) is 20.1 Å². The van der Waals surface area contributed by atoms with Crippen LogP contribution >= 0.6 is 0 Å². The minimum absolute atomic E-state index is 0.0305. The van der Waals surface area contributed by atoms with Crippen LogP contribution in [0.5, 0.6) is 0 Å². The summed E-state index contributed by atoms with van der Waals surface area (Å²) < 4.78 is 17.8. The van der Waals surface area contributed by atoms with E-state index in [1.54, 1.807) is 13.8 Å². The van der Waals surface area contributed by atoms with Crippen LogP contribution in [0.3, 0.4) is 0 Å². The number of H-pyrrole nitrogens is 1. The van der Waals surface area contributed by atoms with Gasteiger partial charge in [0.05, 0.1) is 26.1 Å². The van der Waals surface area contributed by atoms with Crippen molar-refractivity contribution in [2.24, 2.45) is 5.92 Å². The first-order valence-electron chi connectivity index (χ1n) is 9.20. The molecule has 1 unspecified atom stereocenters. The number of amides is 1. The Balaban J connectivity index is 1.97. The largest absolute Gasteiger partial charge is 0.394 e.